The average Bonchev–Trinajstić information content (AvgIpc) is 1.52. The third-order valence-electron chi connectivity index (χ3n) is 18.1. The van der Waals surface area contributed by atoms with E-state index in [4.69, 9.17) is 0 Å². The van der Waals surface area contributed by atoms with Gasteiger partial charge >= 0.3 is 83.7 Å². The normalized spacial score (nSPS) is 11.0. The van der Waals surface area contributed by atoms with E-state index >= 15 is 0 Å². The van der Waals surface area contributed by atoms with Crippen LogP contribution in [0.4, 0.5) is 0 Å². The number of rotatable bonds is 12. The van der Waals surface area contributed by atoms with Crippen LogP contribution in [0.15, 0.2) is 291 Å². The Morgan fingerprint density at radius 3 is 0.578 bits per heavy atom. The SMILES string of the molecule is CC(C)Cc1cc2c(-c3cccc4ccccc34)cccc2[cH-]1.CC(C)Cc1cc2c(-c3cccc4ccccc34)cccc2[cH-]1.CC(C)Cc1cc2c(-c3cccc4ccccc34)cccc2[cH-]1.CC(C)Cc1cc2c(-c3cccc4ccccc34)cccc2[cH-]1.C[Si](C)=[Zr+2].C[Si](C)=[Zr+2].[Cl-].[Cl-]. The van der Waals surface area contributed by atoms with Gasteiger partial charge in [-0.2, -0.15) is 24.3 Å². The first-order chi connectivity index (χ1) is 48.3. The molecule has 0 bridgehead atoms. The van der Waals surface area contributed by atoms with E-state index in [0.717, 1.165) is 25.7 Å². The molecule has 0 aliphatic carbocycles. The van der Waals surface area contributed by atoms with Gasteiger partial charge in [0.1, 0.15) is 0 Å². The van der Waals surface area contributed by atoms with E-state index < -0.39 is 0 Å². The molecule has 102 heavy (non-hydrogen) atoms. The molecule has 0 amide bonds. The molecule has 0 unspecified atom stereocenters. The third-order valence-corrected chi connectivity index (χ3v) is 18.1. The van der Waals surface area contributed by atoms with Crippen molar-refractivity contribution in [3.8, 4) is 44.5 Å². The second-order valence-corrected chi connectivity index (χ2v) is 47.9. The molecule has 0 saturated carbocycles. The molecule has 0 aliphatic heterocycles. The average molecular weight is 1560 g/mol. The fourth-order valence-corrected chi connectivity index (χ4v) is 14.3. The smallest absolute Gasteiger partial charge is 1.00 e. The molecule has 6 heteroatoms. The van der Waals surface area contributed by atoms with Gasteiger partial charge < -0.3 is 24.8 Å². The van der Waals surface area contributed by atoms with Crippen LogP contribution < -0.4 is 24.8 Å². The minimum absolute atomic E-state index is 0. The Morgan fingerprint density at radius 2 is 0.392 bits per heavy atom. The second-order valence-electron chi connectivity index (χ2n) is 29.2. The van der Waals surface area contributed by atoms with E-state index in [9.17, 15) is 0 Å². The van der Waals surface area contributed by atoms with Gasteiger partial charge in [-0.05, 0) is 115 Å². The summed E-state index contributed by atoms with van der Waals surface area (Å²) in [5.41, 5.74) is 16.9. The van der Waals surface area contributed by atoms with E-state index in [0.29, 0.717) is 23.7 Å². The summed E-state index contributed by atoms with van der Waals surface area (Å²) >= 11 is 3.48. The van der Waals surface area contributed by atoms with Crippen molar-refractivity contribution < 1.29 is 71.5 Å². The summed E-state index contributed by atoms with van der Waals surface area (Å²) in [4.78, 5) is 0. The molecule has 0 heterocycles. The summed E-state index contributed by atoms with van der Waals surface area (Å²) in [6.07, 6.45) is 4.57. The zero-order valence-electron chi connectivity index (χ0n) is 61.6. The first-order valence-corrected chi connectivity index (χ1v) is 48.4. The summed E-state index contributed by atoms with van der Waals surface area (Å²) in [7, 11) is 0. The summed E-state index contributed by atoms with van der Waals surface area (Å²) in [6, 6.07) is 107. The molecular formula is C96H96Cl2Si2Zr2-2. The maximum Gasteiger partial charge on any atom is -1.00 e. The van der Waals surface area contributed by atoms with Crippen LogP contribution in [0.1, 0.15) is 77.6 Å². The summed E-state index contributed by atoms with van der Waals surface area (Å²) in [5, 5.41) is 21.4. The van der Waals surface area contributed by atoms with E-state index in [1.165, 1.54) is 153 Å². The van der Waals surface area contributed by atoms with Crippen LogP contribution in [0, 0.1) is 23.7 Å². The van der Waals surface area contributed by atoms with Gasteiger partial charge in [0.25, 0.3) is 0 Å². The predicted octanol–water partition coefficient (Wildman–Crippen LogP) is 21.9. The molecule has 0 saturated heterocycles. The molecule has 0 fully saturated rings. The van der Waals surface area contributed by atoms with E-state index in [1.807, 2.05) is 0 Å². The largest absolute Gasteiger partial charge is 1.00 e. The van der Waals surface area contributed by atoms with Crippen LogP contribution in [0.2, 0.25) is 26.2 Å². The van der Waals surface area contributed by atoms with Crippen molar-refractivity contribution in [3.05, 3.63) is 313 Å². The Labute approximate surface area is 651 Å². The zero-order valence-corrected chi connectivity index (χ0v) is 70.0. The van der Waals surface area contributed by atoms with Gasteiger partial charge in [-0.3, -0.25) is 0 Å². The molecule has 0 atom stereocenters. The number of hydrogen-bond acceptors (Lipinski definition) is 0. The molecule has 0 aromatic heterocycles. The van der Waals surface area contributed by atoms with E-state index in [-0.39, 0.29) is 35.7 Å². The van der Waals surface area contributed by atoms with E-state index in [2.05, 4.69) is 373 Å². The number of benzene rings is 12. The van der Waals surface area contributed by atoms with Crippen molar-refractivity contribution in [2.24, 2.45) is 23.7 Å². The number of fused-ring (bicyclic) bond motifs is 8. The Morgan fingerprint density at radius 1 is 0.235 bits per heavy atom. The van der Waals surface area contributed by atoms with Crippen LogP contribution in [-0.4, -0.2) is 10.9 Å². The Balaban J connectivity index is 0.000000152. The fourth-order valence-electron chi connectivity index (χ4n) is 14.3. The van der Waals surface area contributed by atoms with Crippen LogP contribution in [0.3, 0.4) is 0 Å². The summed E-state index contributed by atoms with van der Waals surface area (Å²) in [6.45, 7) is 27.5. The molecule has 16 aromatic rings. The maximum absolute atomic E-state index is 2.38. The number of hydrogen-bond donors (Lipinski definition) is 0. The second kappa shape index (κ2) is 37.6. The van der Waals surface area contributed by atoms with Crippen LogP contribution in [0.5, 0.6) is 0 Å². The predicted molar refractivity (Wildman–Crippen MR) is 439 cm³/mol. The Bertz CT molecular complexity index is 4760. The van der Waals surface area contributed by atoms with E-state index in [1.54, 1.807) is 46.7 Å². The molecular weight excluding hydrogens is 1460 g/mol. The Kier molecular flexibility index (Phi) is 29.1. The van der Waals surface area contributed by atoms with Gasteiger partial charge in [0.15, 0.2) is 0 Å². The van der Waals surface area contributed by atoms with Gasteiger partial charge in [0.2, 0.25) is 0 Å². The van der Waals surface area contributed by atoms with Crippen LogP contribution in [-0.2, 0) is 72.4 Å². The first kappa shape index (κ1) is 79.0. The van der Waals surface area contributed by atoms with Gasteiger partial charge in [-0.1, -0.05) is 272 Å². The topological polar surface area (TPSA) is 0 Å². The molecule has 16 rings (SSSR count). The maximum atomic E-state index is 2.38. The standard InChI is InChI=1S/4C23H21.2C2H6Si.2ClH.2Zr/c4*1-16(2)13-17-14-19-9-6-12-22(23(19)15-17)21-11-5-8-18-7-3-4-10-20(18)21;2*1-3-2;;;;/h4*3-12,14-16H,13H2,1-2H3;2*1-2H3;2*1H;;/q4*-1;;;;;2*+2/p-2. The molecule has 0 aliphatic rings. The van der Waals surface area contributed by atoms with Crippen molar-refractivity contribution in [3.63, 3.8) is 0 Å². The molecule has 512 valence electrons. The summed E-state index contributed by atoms with van der Waals surface area (Å²) < 4.78 is 0. The minimum atomic E-state index is 0. The van der Waals surface area contributed by atoms with Gasteiger partial charge in [0.05, 0.1) is 0 Å². The molecule has 0 radical (unpaired) electrons. The monoisotopic (exact) mass is 1550 g/mol. The first-order valence-electron chi connectivity index (χ1n) is 36.0. The van der Waals surface area contributed by atoms with Crippen molar-refractivity contribution in [1.82, 2.24) is 0 Å². The zero-order chi connectivity index (χ0) is 70.4. The van der Waals surface area contributed by atoms with Gasteiger partial charge in [0, 0.05) is 0 Å². The molecule has 16 aromatic carbocycles. The van der Waals surface area contributed by atoms with Crippen molar-refractivity contribution in [2.45, 2.75) is 107 Å². The fraction of sp³-hybridized carbons (Fsp3) is 0.208. The van der Waals surface area contributed by atoms with Crippen LogP contribution >= 0.6 is 0 Å². The van der Waals surface area contributed by atoms with Gasteiger partial charge in [-0.25, -0.2) is 0 Å². The third kappa shape index (κ3) is 20.2. The molecule has 0 nitrogen and oxygen atoms in total. The van der Waals surface area contributed by atoms with Crippen molar-refractivity contribution >= 4 is 97.0 Å². The molecule has 0 N–H and O–H groups in total. The minimum Gasteiger partial charge on any atom is -1.00 e. The quantitative estimate of drug-likeness (QED) is 0.0845. The molecule has 0 spiro atoms. The van der Waals surface area contributed by atoms with Crippen molar-refractivity contribution in [2.75, 3.05) is 0 Å². The number of halogens is 2. The summed E-state index contributed by atoms with van der Waals surface area (Å²) in [5.74, 6) is 2.75. The van der Waals surface area contributed by atoms with Gasteiger partial charge in [-0.15, -0.1) is 138 Å². The van der Waals surface area contributed by atoms with Crippen LogP contribution in [0.25, 0.3) is 131 Å². The van der Waals surface area contributed by atoms with Crippen molar-refractivity contribution in [1.29, 1.82) is 0 Å². The Hall–Kier alpha value is -7.10.